The van der Waals surface area contributed by atoms with Crippen LogP contribution in [0.2, 0.25) is 0 Å². The Hall–Kier alpha value is -1.58. The van der Waals surface area contributed by atoms with E-state index in [0.29, 0.717) is 0 Å². The molecule has 0 spiro atoms. The second kappa shape index (κ2) is 5.66. The Kier molecular flexibility index (Phi) is 3.96. The zero-order valence-electron chi connectivity index (χ0n) is 10.2. The van der Waals surface area contributed by atoms with Crippen molar-refractivity contribution in [3.8, 4) is 0 Å². The number of anilines is 1. The van der Waals surface area contributed by atoms with Crippen LogP contribution in [0.5, 0.6) is 0 Å². The quantitative estimate of drug-likeness (QED) is 0.812. The monoisotopic (exact) mass is 233 g/mol. The summed E-state index contributed by atoms with van der Waals surface area (Å²) in [6.45, 7) is 2.94. The molecule has 1 heterocycles. The number of rotatable bonds is 4. The molecule has 92 valence electrons. The lowest BCUT2D eigenvalue weighted by Crippen LogP contribution is -2.25. The van der Waals surface area contributed by atoms with Crippen LogP contribution in [0.1, 0.15) is 32.6 Å². The third kappa shape index (κ3) is 2.96. The van der Waals surface area contributed by atoms with Crippen molar-refractivity contribution in [2.75, 3.05) is 5.32 Å². The van der Waals surface area contributed by atoms with Gasteiger partial charge in [0, 0.05) is 18.5 Å². The van der Waals surface area contributed by atoms with Crippen LogP contribution >= 0.6 is 0 Å². The lowest BCUT2D eigenvalue weighted by molar-refractivity contribution is -0.120. The molecule has 0 saturated heterocycles. The van der Waals surface area contributed by atoms with Crippen molar-refractivity contribution in [2.45, 2.75) is 39.2 Å². The average Bonchev–Trinajstić information content (AvgIpc) is 2.78. The number of aromatic nitrogens is 2. The van der Waals surface area contributed by atoms with Gasteiger partial charge in [0.1, 0.15) is 5.82 Å². The highest BCUT2D eigenvalue weighted by Crippen LogP contribution is 2.20. The summed E-state index contributed by atoms with van der Waals surface area (Å²) in [7, 11) is 0. The molecule has 0 aromatic carbocycles. The normalized spacial score (nSPS) is 19.2. The first-order chi connectivity index (χ1) is 8.31. The van der Waals surface area contributed by atoms with Gasteiger partial charge in [0.05, 0.1) is 6.20 Å². The van der Waals surface area contributed by atoms with Gasteiger partial charge in [0.2, 0.25) is 5.91 Å². The molecule has 4 heteroatoms. The Balaban J connectivity index is 1.97. The molecule has 17 heavy (non-hydrogen) atoms. The van der Waals surface area contributed by atoms with Gasteiger partial charge in [-0.2, -0.15) is 5.10 Å². The Morgan fingerprint density at radius 3 is 3.18 bits per heavy atom. The van der Waals surface area contributed by atoms with Crippen LogP contribution < -0.4 is 5.32 Å². The fourth-order valence-corrected chi connectivity index (χ4v) is 2.09. The third-order valence-corrected chi connectivity index (χ3v) is 3.04. The van der Waals surface area contributed by atoms with E-state index >= 15 is 0 Å². The molecule has 1 aliphatic carbocycles. The fourth-order valence-electron chi connectivity index (χ4n) is 2.09. The summed E-state index contributed by atoms with van der Waals surface area (Å²) < 4.78 is 1.84. The number of nitrogens with one attached hydrogen (secondary N) is 1. The second-order valence-corrected chi connectivity index (χ2v) is 4.41. The summed E-state index contributed by atoms with van der Waals surface area (Å²) >= 11 is 0. The number of nitrogens with zero attached hydrogens (tertiary/aromatic N) is 2. The van der Waals surface area contributed by atoms with Crippen molar-refractivity contribution in [1.29, 1.82) is 0 Å². The van der Waals surface area contributed by atoms with Crippen molar-refractivity contribution >= 4 is 11.7 Å². The molecule has 0 fully saturated rings. The minimum atomic E-state index is 0.116. The van der Waals surface area contributed by atoms with Gasteiger partial charge < -0.3 is 5.32 Å². The highest BCUT2D eigenvalue weighted by Gasteiger charge is 2.19. The number of aryl methyl sites for hydroxylation is 1. The van der Waals surface area contributed by atoms with Crippen molar-refractivity contribution < 1.29 is 4.79 Å². The third-order valence-electron chi connectivity index (χ3n) is 3.04. The molecule has 4 nitrogen and oxygen atoms in total. The minimum absolute atomic E-state index is 0.116. The molecule has 2 rings (SSSR count). The summed E-state index contributed by atoms with van der Waals surface area (Å²) in [6.07, 6.45) is 9.79. The first kappa shape index (κ1) is 11.9. The van der Waals surface area contributed by atoms with E-state index in [2.05, 4.69) is 29.5 Å². The highest BCUT2D eigenvalue weighted by atomic mass is 16.2. The molecule has 1 aliphatic rings. The smallest absolute Gasteiger partial charge is 0.228 e. The van der Waals surface area contributed by atoms with E-state index in [4.69, 9.17) is 0 Å². The molecule has 0 unspecified atom stereocenters. The SMILES string of the molecule is CCCn1nccc1NC(=O)[C@@H]1CC=CCC1. The van der Waals surface area contributed by atoms with E-state index < -0.39 is 0 Å². The van der Waals surface area contributed by atoms with Gasteiger partial charge in [-0.3, -0.25) is 4.79 Å². The molecule has 1 aromatic rings. The Morgan fingerprint density at radius 2 is 2.47 bits per heavy atom. The molecule has 0 aliphatic heterocycles. The predicted octanol–water partition coefficient (Wildman–Crippen LogP) is 2.59. The number of carbonyl (C=O) groups excluding carboxylic acids is 1. The Bertz CT molecular complexity index is 409. The number of hydrogen-bond acceptors (Lipinski definition) is 2. The van der Waals surface area contributed by atoms with E-state index in [-0.39, 0.29) is 11.8 Å². The zero-order chi connectivity index (χ0) is 12.1. The molecular formula is C13H19N3O. The maximum atomic E-state index is 12.0. The second-order valence-electron chi connectivity index (χ2n) is 4.41. The van der Waals surface area contributed by atoms with Gasteiger partial charge in [-0.15, -0.1) is 0 Å². The average molecular weight is 233 g/mol. The molecule has 0 bridgehead atoms. The maximum absolute atomic E-state index is 12.0. The standard InChI is InChI=1S/C13H19N3O/c1-2-10-16-12(8-9-14-16)15-13(17)11-6-4-3-5-7-11/h3-4,8-9,11H,2,5-7,10H2,1H3,(H,15,17)/t11-/m1/s1. The van der Waals surface area contributed by atoms with Crippen molar-refractivity contribution in [3.05, 3.63) is 24.4 Å². The van der Waals surface area contributed by atoms with Crippen LogP contribution in [0.3, 0.4) is 0 Å². The van der Waals surface area contributed by atoms with Crippen LogP contribution in [-0.2, 0) is 11.3 Å². The van der Waals surface area contributed by atoms with E-state index in [1.807, 2.05) is 10.7 Å². The van der Waals surface area contributed by atoms with Gasteiger partial charge in [0.25, 0.3) is 0 Å². The van der Waals surface area contributed by atoms with E-state index in [1.165, 1.54) is 0 Å². The van der Waals surface area contributed by atoms with Crippen LogP contribution in [0.15, 0.2) is 24.4 Å². The molecule has 1 amide bonds. The molecule has 1 atom stereocenters. The first-order valence-electron chi connectivity index (χ1n) is 6.29. The van der Waals surface area contributed by atoms with Crippen LogP contribution in [-0.4, -0.2) is 15.7 Å². The van der Waals surface area contributed by atoms with Crippen LogP contribution in [0.4, 0.5) is 5.82 Å². The number of amides is 1. The van der Waals surface area contributed by atoms with E-state index in [0.717, 1.165) is 38.0 Å². The van der Waals surface area contributed by atoms with Gasteiger partial charge in [0.15, 0.2) is 0 Å². The van der Waals surface area contributed by atoms with Gasteiger partial charge in [-0.05, 0) is 25.7 Å². The summed E-state index contributed by atoms with van der Waals surface area (Å²) in [5, 5.41) is 7.16. The largest absolute Gasteiger partial charge is 0.311 e. The number of allylic oxidation sites excluding steroid dienone is 2. The van der Waals surface area contributed by atoms with Crippen molar-refractivity contribution in [2.24, 2.45) is 5.92 Å². The zero-order valence-corrected chi connectivity index (χ0v) is 10.2. The fraction of sp³-hybridized carbons (Fsp3) is 0.538. The van der Waals surface area contributed by atoms with Gasteiger partial charge in [-0.1, -0.05) is 19.1 Å². The lowest BCUT2D eigenvalue weighted by Gasteiger charge is -2.17. The Morgan fingerprint density at radius 1 is 1.59 bits per heavy atom. The van der Waals surface area contributed by atoms with E-state index in [1.54, 1.807) is 6.20 Å². The lowest BCUT2D eigenvalue weighted by atomic mass is 9.94. The van der Waals surface area contributed by atoms with Crippen LogP contribution in [0, 0.1) is 5.92 Å². The number of carbonyl (C=O) groups is 1. The maximum Gasteiger partial charge on any atom is 0.228 e. The molecular weight excluding hydrogens is 214 g/mol. The summed E-state index contributed by atoms with van der Waals surface area (Å²) in [5.74, 6) is 1.04. The minimum Gasteiger partial charge on any atom is -0.311 e. The topological polar surface area (TPSA) is 46.9 Å². The van der Waals surface area contributed by atoms with Crippen molar-refractivity contribution in [1.82, 2.24) is 9.78 Å². The molecule has 0 radical (unpaired) electrons. The van der Waals surface area contributed by atoms with Crippen LogP contribution in [0.25, 0.3) is 0 Å². The molecule has 1 N–H and O–H groups in total. The Labute approximate surface area is 102 Å². The summed E-state index contributed by atoms with van der Waals surface area (Å²) in [5.41, 5.74) is 0. The number of hydrogen-bond donors (Lipinski definition) is 1. The summed E-state index contributed by atoms with van der Waals surface area (Å²) in [4.78, 5) is 12.0. The van der Waals surface area contributed by atoms with Gasteiger partial charge >= 0.3 is 0 Å². The predicted molar refractivity (Wildman–Crippen MR) is 67.6 cm³/mol. The molecule has 1 aromatic heterocycles. The van der Waals surface area contributed by atoms with E-state index in [9.17, 15) is 4.79 Å². The summed E-state index contributed by atoms with van der Waals surface area (Å²) in [6, 6.07) is 1.85. The first-order valence-corrected chi connectivity index (χ1v) is 6.29. The van der Waals surface area contributed by atoms with Gasteiger partial charge in [-0.25, -0.2) is 4.68 Å². The molecule has 0 saturated carbocycles. The highest BCUT2D eigenvalue weighted by molar-refractivity contribution is 5.91. The van der Waals surface area contributed by atoms with Crippen molar-refractivity contribution in [3.63, 3.8) is 0 Å².